The molecular weight excluding hydrogens is 288 g/mol. The van der Waals surface area contributed by atoms with Gasteiger partial charge < -0.3 is 14.5 Å². The van der Waals surface area contributed by atoms with Gasteiger partial charge in [-0.25, -0.2) is 0 Å². The van der Waals surface area contributed by atoms with Gasteiger partial charge in [-0.1, -0.05) is 4.49 Å². The Hall–Kier alpha value is -1.05. The summed E-state index contributed by atoms with van der Waals surface area (Å²) >= 11 is 1.25. The molecule has 1 aromatic heterocycles. The van der Waals surface area contributed by atoms with Crippen LogP contribution in [0.5, 0.6) is 0 Å². The highest BCUT2D eigenvalue weighted by Gasteiger charge is 2.41. The Labute approximate surface area is 128 Å². The van der Waals surface area contributed by atoms with E-state index in [2.05, 4.69) is 21.5 Å². The van der Waals surface area contributed by atoms with Crippen molar-refractivity contribution in [3.63, 3.8) is 0 Å². The third-order valence-corrected chi connectivity index (χ3v) is 5.45. The molecule has 6 nitrogen and oxygen atoms in total. The molecule has 7 heteroatoms. The molecule has 0 aromatic carbocycles. The number of likely N-dealkylation sites (tertiary alicyclic amines) is 1. The second kappa shape index (κ2) is 5.30. The van der Waals surface area contributed by atoms with E-state index in [1.807, 2.05) is 4.90 Å². The summed E-state index contributed by atoms with van der Waals surface area (Å²) in [5.74, 6) is 0.578. The third-order valence-electron chi connectivity index (χ3n) is 4.72. The summed E-state index contributed by atoms with van der Waals surface area (Å²) in [6.07, 6.45) is 3.47. The van der Waals surface area contributed by atoms with Crippen molar-refractivity contribution >= 4 is 17.4 Å². The zero-order valence-corrected chi connectivity index (χ0v) is 13.0. The molecule has 2 aliphatic heterocycles. The van der Waals surface area contributed by atoms with E-state index in [0.29, 0.717) is 19.1 Å². The van der Waals surface area contributed by atoms with E-state index in [0.717, 1.165) is 42.9 Å². The number of hydrogen-bond acceptors (Lipinski definition) is 6. The van der Waals surface area contributed by atoms with Crippen LogP contribution in [0.4, 0.5) is 0 Å². The molecule has 1 aromatic rings. The van der Waals surface area contributed by atoms with E-state index >= 15 is 0 Å². The third kappa shape index (κ3) is 2.47. The highest BCUT2D eigenvalue weighted by molar-refractivity contribution is 7.08. The van der Waals surface area contributed by atoms with Crippen LogP contribution >= 0.6 is 11.5 Å². The minimum Gasteiger partial charge on any atom is -0.374 e. The number of rotatable bonds is 2. The molecule has 3 fully saturated rings. The molecule has 0 N–H and O–H groups in total. The van der Waals surface area contributed by atoms with Crippen LogP contribution in [0.25, 0.3) is 0 Å². The van der Waals surface area contributed by atoms with Gasteiger partial charge in [0, 0.05) is 25.6 Å². The molecule has 1 aliphatic carbocycles. The number of piperidine rings is 1. The van der Waals surface area contributed by atoms with Crippen molar-refractivity contribution in [3.8, 4) is 0 Å². The maximum atomic E-state index is 13.0. The predicted molar refractivity (Wildman–Crippen MR) is 78.6 cm³/mol. The Morgan fingerprint density at radius 3 is 3.00 bits per heavy atom. The predicted octanol–water partition coefficient (Wildman–Crippen LogP) is 0.961. The number of nitrogens with zero attached hydrogens (tertiary/aromatic N) is 4. The van der Waals surface area contributed by atoms with Crippen molar-refractivity contribution in [1.82, 2.24) is 19.4 Å². The van der Waals surface area contributed by atoms with Gasteiger partial charge in [0.25, 0.3) is 5.91 Å². The van der Waals surface area contributed by atoms with Crippen LogP contribution in [0.15, 0.2) is 0 Å². The molecular formula is C14H20N4O2S. The van der Waals surface area contributed by atoms with Crippen LogP contribution < -0.4 is 0 Å². The molecule has 114 valence electrons. The molecule has 0 bridgehead atoms. The monoisotopic (exact) mass is 308 g/mol. The number of carbonyl (C=O) groups excluding carboxylic acids is 1. The second-order valence-corrected chi connectivity index (χ2v) is 7.04. The molecule has 0 spiro atoms. The number of likely N-dealkylation sites (N-methyl/N-ethyl adjacent to an activating group) is 1. The van der Waals surface area contributed by atoms with Crippen LogP contribution in [0.1, 0.15) is 40.5 Å². The molecule has 0 unspecified atom stereocenters. The van der Waals surface area contributed by atoms with Crippen molar-refractivity contribution in [2.75, 3.05) is 33.3 Å². The van der Waals surface area contributed by atoms with Crippen molar-refractivity contribution < 1.29 is 9.53 Å². The Morgan fingerprint density at radius 1 is 1.33 bits per heavy atom. The first-order chi connectivity index (χ1) is 10.2. The maximum Gasteiger partial charge on any atom is 0.267 e. The summed E-state index contributed by atoms with van der Waals surface area (Å²) in [7, 11) is 2.11. The summed E-state index contributed by atoms with van der Waals surface area (Å²) in [6, 6.07) is 0.166. The van der Waals surface area contributed by atoms with E-state index in [1.54, 1.807) is 0 Å². The Kier molecular flexibility index (Phi) is 3.43. The average Bonchev–Trinajstić information content (AvgIpc) is 3.23. The minimum absolute atomic E-state index is 0.112. The minimum atomic E-state index is 0.112. The normalized spacial score (nSPS) is 30.2. The van der Waals surface area contributed by atoms with E-state index in [-0.39, 0.29) is 18.1 Å². The number of fused-ring (bicyclic) bond motifs is 1. The molecule has 2 atom stereocenters. The largest absolute Gasteiger partial charge is 0.374 e. The summed E-state index contributed by atoms with van der Waals surface area (Å²) in [5.41, 5.74) is 0.928. The topological polar surface area (TPSA) is 58.6 Å². The number of hydrogen-bond donors (Lipinski definition) is 0. The fraction of sp³-hybridized carbons (Fsp3) is 0.786. The quantitative estimate of drug-likeness (QED) is 0.814. The smallest absolute Gasteiger partial charge is 0.267 e. The lowest BCUT2D eigenvalue weighted by molar-refractivity contribution is -0.0869. The van der Waals surface area contributed by atoms with Crippen molar-refractivity contribution in [3.05, 3.63) is 10.6 Å². The molecule has 2 saturated heterocycles. The molecule has 3 aliphatic rings. The fourth-order valence-corrected chi connectivity index (χ4v) is 4.09. The van der Waals surface area contributed by atoms with Gasteiger partial charge in [-0.2, -0.15) is 0 Å². The molecule has 21 heavy (non-hydrogen) atoms. The molecule has 1 saturated carbocycles. The van der Waals surface area contributed by atoms with Gasteiger partial charge in [0.2, 0.25) is 0 Å². The Morgan fingerprint density at radius 2 is 2.19 bits per heavy atom. The number of ether oxygens (including phenoxy) is 1. The highest BCUT2D eigenvalue weighted by Crippen LogP contribution is 2.41. The molecule has 4 rings (SSSR count). The van der Waals surface area contributed by atoms with E-state index < -0.39 is 0 Å². The van der Waals surface area contributed by atoms with Gasteiger partial charge in [-0.05, 0) is 37.8 Å². The second-order valence-electron chi connectivity index (χ2n) is 6.29. The SMILES string of the molecule is CN1CC[C@H]2OCCN(C(=O)c3snnc3C3CC3)[C@@H]2C1. The number of morpholine rings is 1. The Bertz CT molecular complexity index is 545. The summed E-state index contributed by atoms with van der Waals surface area (Å²) in [5, 5.41) is 4.19. The van der Waals surface area contributed by atoms with Crippen LogP contribution in [0, 0.1) is 0 Å². The summed E-state index contributed by atoms with van der Waals surface area (Å²) < 4.78 is 9.89. The van der Waals surface area contributed by atoms with Crippen LogP contribution in [-0.4, -0.2) is 70.7 Å². The van der Waals surface area contributed by atoms with Gasteiger partial charge in [0.05, 0.1) is 24.4 Å². The van der Waals surface area contributed by atoms with Gasteiger partial charge in [0.1, 0.15) is 4.88 Å². The van der Waals surface area contributed by atoms with E-state index in [1.165, 1.54) is 11.5 Å². The number of amides is 1. The van der Waals surface area contributed by atoms with Crippen LogP contribution in [0.2, 0.25) is 0 Å². The Balaban J connectivity index is 1.58. The van der Waals surface area contributed by atoms with E-state index in [4.69, 9.17) is 4.74 Å². The first-order valence-electron chi connectivity index (χ1n) is 7.67. The van der Waals surface area contributed by atoms with Crippen molar-refractivity contribution in [2.45, 2.75) is 37.3 Å². The first-order valence-corrected chi connectivity index (χ1v) is 8.44. The van der Waals surface area contributed by atoms with Crippen molar-refractivity contribution in [2.24, 2.45) is 0 Å². The summed E-state index contributed by atoms with van der Waals surface area (Å²) in [6.45, 7) is 3.25. The lowest BCUT2D eigenvalue weighted by Gasteiger charge is -2.46. The van der Waals surface area contributed by atoms with E-state index in [9.17, 15) is 4.79 Å². The molecule has 1 amide bonds. The highest BCUT2D eigenvalue weighted by atomic mass is 32.1. The lowest BCUT2D eigenvalue weighted by Crippen LogP contribution is -2.60. The zero-order chi connectivity index (χ0) is 14.4. The number of aromatic nitrogens is 2. The fourth-order valence-electron chi connectivity index (χ4n) is 3.38. The van der Waals surface area contributed by atoms with Gasteiger partial charge >= 0.3 is 0 Å². The van der Waals surface area contributed by atoms with Crippen LogP contribution in [0.3, 0.4) is 0 Å². The van der Waals surface area contributed by atoms with Gasteiger partial charge in [-0.15, -0.1) is 5.10 Å². The van der Waals surface area contributed by atoms with Crippen LogP contribution in [-0.2, 0) is 4.74 Å². The molecule has 0 radical (unpaired) electrons. The van der Waals surface area contributed by atoms with Gasteiger partial charge in [0.15, 0.2) is 0 Å². The maximum absolute atomic E-state index is 13.0. The average molecular weight is 308 g/mol. The standard InChI is InChI=1S/C14H20N4O2S/c1-17-5-4-11-10(8-17)18(6-7-20-11)14(19)13-12(9-2-3-9)15-16-21-13/h9-11H,2-8H2,1H3/t10-,11-/m1/s1. The number of carbonyl (C=O) groups is 1. The lowest BCUT2D eigenvalue weighted by atomic mass is 9.98. The summed E-state index contributed by atoms with van der Waals surface area (Å²) in [4.78, 5) is 18.0. The molecule has 3 heterocycles. The van der Waals surface area contributed by atoms with Crippen molar-refractivity contribution in [1.29, 1.82) is 0 Å². The zero-order valence-electron chi connectivity index (χ0n) is 12.2. The first kappa shape index (κ1) is 13.6. The van der Waals surface area contributed by atoms with Gasteiger partial charge in [-0.3, -0.25) is 4.79 Å².